The van der Waals surface area contributed by atoms with Crippen LogP contribution in [0, 0.1) is 6.92 Å². The van der Waals surface area contributed by atoms with Gasteiger partial charge < -0.3 is 19.9 Å². The molecule has 42 heavy (non-hydrogen) atoms. The van der Waals surface area contributed by atoms with Gasteiger partial charge in [0.05, 0.1) is 30.8 Å². The number of ether oxygens (including phenoxy) is 2. The van der Waals surface area contributed by atoms with Crippen molar-refractivity contribution in [1.82, 2.24) is 14.3 Å². The summed E-state index contributed by atoms with van der Waals surface area (Å²) in [5.74, 6) is 1.23. The summed E-state index contributed by atoms with van der Waals surface area (Å²) >= 11 is 6.69. The maximum atomic E-state index is 13.7. The number of aryl methyl sites for hydroxylation is 1. The Morgan fingerprint density at radius 2 is 1.83 bits per heavy atom. The van der Waals surface area contributed by atoms with Crippen molar-refractivity contribution in [2.45, 2.75) is 19.4 Å². The summed E-state index contributed by atoms with van der Waals surface area (Å²) in [5, 5.41) is 13.9. The molecule has 9 nitrogen and oxygen atoms in total. The Kier molecular flexibility index (Phi) is 8.91. The number of benzene rings is 2. The number of carbonyl (C=O) groups excluding carboxylic acids is 1. The SMILES string of the molecule is COc1ccc(CCN2C(=O)/C(=C\c3c(NCC(O)c4ccccc4)nc4c(C)cccn4c3=O)SC2=S)cc1OC. The van der Waals surface area contributed by atoms with Crippen LogP contribution in [0.3, 0.4) is 0 Å². The molecule has 1 aliphatic heterocycles. The van der Waals surface area contributed by atoms with Crippen molar-refractivity contribution >= 4 is 51.7 Å². The van der Waals surface area contributed by atoms with Gasteiger partial charge in [0.25, 0.3) is 11.5 Å². The lowest BCUT2D eigenvalue weighted by Crippen LogP contribution is -2.30. The van der Waals surface area contributed by atoms with Gasteiger partial charge in [-0.15, -0.1) is 0 Å². The Hall–Kier alpha value is -4.19. The second-order valence-corrected chi connectivity index (χ2v) is 11.3. The molecule has 0 saturated carbocycles. The third-order valence-electron chi connectivity index (χ3n) is 6.95. The van der Waals surface area contributed by atoms with Crippen LogP contribution in [-0.4, -0.2) is 56.9 Å². The maximum Gasteiger partial charge on any atom is 0.267 e. The first-order valence-electron chi connectivity index (χ1n) is 13.3. The second kappa shape index (κ2) is 12.8. The van der Waals surface area contributed by atoms with Crippen molar-refractivity contribution in [2.75, 3.05) is 32.6 Å². The van der Waals surface area contributed by atoms with Gasteiger partial charge in [-0.2, -0.15) is 0 Å². The van der Waals surface area contributed by atoms with Gasteiger partial charge in [0, 0.05) is 19.3 Å². The Bertz CT molecular complexity index is 1740. The minimum Gasteiger partial charge on any atom is -0.493 e. The number of amides is 1. The zero-order valence-electron chi connectivity index (χ0n) is 23.4. The van der Waals surface area contributed by atoms with E-state index >= 15 is 0 Å². The van der Waals surface area contributed by atoms with E-state index in [2.05, 4.69) is 5.32 Å². The number of pyridine rings is 1. The summed E-state index contributed by atoms with van der Waals surface area (Å²) in [4.78, 5) is 33.7. The number of nitrogens with zero attached hydrogens (tertiary/aromatic N) is 3. The lowest BCUT2D eigenvalue weighted by molar-refractivity contribution is -0.122. The van der Waals surface area contributed by atoms with Crippen LogP contribution < -0.4 is 20.3 Å². The van der Waals surface area contributed by atoms with Crippen molar-refractivity contribution in [2.24, 2.45) is 0 Å². The third kappa shape index (κ3) is 6.03. The molecule has 1 atom stereocenters. The fourth-order valence-electron chi connectivity index (χ4n) is 4.66. The van der Waals surface area contributed by atoms with Crippen LogP contribution in [0.2, 0.25) is 0 Å². The van der Waals surface area contributed by atoms with E-state index in [4.69, 9.17) is 26.7 Å². The Morgan fingerprint density at radius 3 is 2.57 bits per heavy atom. The molecule has 216 valence electrons. The van der Waals surface area contributed by atoms with Gasteiger partial charge >= 0.3 is 0 Å². The molecule has 1 aliphatic rings. The highest BCUT2D eigenvalue weighted by Crippen LogP contribution is 2.34. The number of anilines is 1. The lowest BCUT2D eigenvalue weighted by Gasteiger charge is -2.16. The molecule has 1 amide bonds. The molecular weight excluding hydrogens is 572 g/mol. The molecule has 1 fully saturated rings. The molecule has 0 radical (unpaired) electrons. The zero-order valence-corrected chi connectivity index (χ0v) is 25.0. The van der Waals surface area contributed by atoms with Gasteiger partial charge in [-0.25, -0.2) is 4.98 Å². The van der Waals surface area contributed by atoms with E-state index < -0.39 is 6.10 Å². The zero-order chi connectivity index (χ0) is 29.8. The number of nitrogens with one attached hydrogen (secondary N) is 1. The van der Waals surface area contributed by atoms with Crippen molar-refractivity contribution in [3.63, 3.8) is 0 Å². The molecule has 4 aromatic rings. The highest BCUT2D eigenvalue weighted by atomic mass is 32.2. The largest absolute Gasteiger partial charge is 0.493 e. The molecular formula is C31H30N4O5S2. The predicted molar refractivity (Wildman–Crippen MR) is 169 cm³/mol. The number of hydrogen-bond donors (Lipinski definition) is 2. The van der Waals surface area contributed by atoms with Crippen molar-refractivity contribution in [3.8, 4) is 11.5 Å². The maximum absolute atomic E-state index is 13.7. The molecule has 11 heteroatoms. The molecule has 2 N–H and O–H groups in total. The van der Waals surface area contributed by atoms with Crippen LogP contribution in [0.15, 0.2) is 76.6 Å². The third-order valence-corrected chi connectivity index (χ3v) is 8.33. The Labute approximate surface area is 252 Å². The number of aliphatic hydroxyl groups is 1. The number of thiocarbonyl (C=S) groups is 1. The summed E-state index contributed by atoms with van der Waals surface area (Å²) < 4.78 is 12.6. The summed E-state index contributed by atoms with van der Waals surface area (Å²) in [6.07, 6.45) is 2.90. The number of fused-ring (bicyclic) bond motifs is 1. The van der Waals surface area contributed by atoms with E-state index in [9.17, 15) is 14.7 Å². The van der Waals surface area contributed by atoms with Gasteiger partial charge in [-0.3, -0.25) is 18.9 Å². The van der Waals surface area contributed by atoms with Gasteiger partial charge in [0.15, 0.2) is 11.5 Å². The molecule has 1 saturated heterocycles. The molecule has 5 rings (SSSR count). The number of methoxy groups -OCH3 is 2. The number of rotatable bonds is 10. The van der Waals surface area contributed by atoms with Crippen LogP contribution >= 0.6 is 24.0 Å². The highest BCUT2D eigenvalue weighted by molar-refractivity contribution is 8.26. The van der Waals surface area contributed by atoms with E-state index in [1.54, 1.807) is 26.5 Å². The highest BCUT2D eigenvalue weighted by Gasteiger charge is 2.32. The molecule has 3 heterocycles. The van der Waals surface area contributed by atoms with Crippen LogP contribution in [0.25, 0.3) is 11.7 Å². The molecule has 1 unspecified atom stereocenters. The minimum absolute atomic E-state index is 0.117. The quantitative estimate of drug-likeness (QED) is 0.199. The van der Waals surface area contributed by atoms with Crippen LogP contribution in [0.1, 0.15) is 28.4 Å². The van der Waals surface area contributed by atoms with Crippen LogP contribution in [0.4, 0.5) is 5.82 Å². The van der Waals surface area contributed by atoms with Gasteiger partial charge in [-0.1, -0.05) is 66.4 Å². The van der Waals surface area contributed by atoms with E-state index in [1.165, 1.54) is 15.4 Å². The number of hydrogen-bond acceptors (Lipinski definition) is 9. The van der Waals surface area contributed by atoms with E-state index in [0.29, 0.717) is 39.3 Å². The molecule has 0 aliphatic carbocycles. The van der Waals surface area contributed by atoms with E-state index in [1.807, 2.05) is 61.5 Å². The predicted octanol–water partition coefficient (Wildman–Crippen LogP) is 4.61. The molecule has 2 aromatic carbocycles. The van der Waals surface area contributed by atoms with Crippen molar-refractivity contribution < 1.29 is 19.4 Å². The second-order valence-electron chi connectivity index (χ2n) is 9.64. The standard InChI is InChI=1S/C31H30N4O5S2/c1-19-8-7-14-34-28(19)33-27(32-18-23(36)21-9-5-4-6-10-21)22(29(34)37)17-26-30(38)35(31(41)42-26)15-13-20-11-12-24(39-2)25(16-20)40-3/h4-12,14,16-17,23,32,36H,13,15,18H2,1-3H3/b26-17+. The summed E-state index contributed by atoms with van der Waals surface area (Å²) in [6, 6.07) is 18.5. The topological polar surface area (TPSA) is 105 Å². The monoisotopic (exact) mass is 602 g/mol. The van der Waals surface area contributed by atoms with E-state index in [-0.39, 0.29) is 29.4 Å². The average molecular weight is 603 g/mol. The first-order valence-corrected chi connectivity index (χ1v) is 14.5. The van der Waals surface area contributed by atoms with Crippen LogP contribution in [-0.2, 0) is 11.2 Å². The number of thioether (sulfide) groups is 1. The van der Waals surface area contributed by atoms with Crippen LogP contribution in [0.5, 0.6) is 11.5 Å². The first kappa shape index (κ1) is 29.3. The fourth-order valence-corrected chi connectivity index (χ4v) is 5.95. The van der Waals surface area contributed by atoms with Gasteiger partial charge in [-0.05, 0) is 54.3 Å². The average Bonchev–Trinajstić information content (AvgIpc) is 3.28. The minimum atomic E-state index is -0.828. The lowest BCUT2D eigenvalue weighted by atomic mass is 10.1. The summed E-state index contributed by atoms with van der Waals surface area (Å²) in [7, 11) is 3.15. The molecule has 2 aromatic heterocycles. The number of aliphatic hydroxyl groups excluding tert-OH is 1. The Balaban J connectivity index is 1.43. The van der Waals surface area contributed by atoms with Gasteiger partial charge in [0.2, 0.25) is 0 Å². The summed E-state index contributed by atoms with van der Waals surface area (Å²) in [6.45, 7) is 2.35. The van der Waals surface area contributed by atoms with Gasteiger partial charge in [0.1, 0.15) is 15.8 Å². The van der Waals surface area contributed by atoms with Crippen molar-refractivity contribution in [3.05, 3.63) is 104 Å². The fraction of sp³-hybridized carbons (Fsp3) is 0.226. The first-order chi connectivity index (χ1) is 20.3. The summed E-state index contributed by atoms with van der Waals surface area (Å²) in [5.41, 5.74) is 2.86. The molecule has 0 spiro atoms. The van der Waals surface area contributed by atoms with Crippen molar-refractivity contribution in [1.29, 1.82) is 0 Å². The van der Waals surface area contributed by atoms with E-state index in [0.717, 1.165) is 28.5 Å². The normalized spacial score (nSPS) is 15.0. The Morgan fingerprint density at radius 1 is 1.07 bits per heavy atom. The number of carbonyl (C=O) groups is 1. The molecule has 0 bridgehead atoms. The smallest absolute Gasteiger partial charge is 0.267 e. The number of aromatic nitrogens is 2.